The van der Waals surface area contributed by atoms with Crippen LogP contribution in [0.4, 0.5) is 0 Å². The monoisotopic (exact) mass is 252 g/mol. The molecule has 2 aromatic rings. The van der Waals surface area contributed by atoms with Crippen molar-refractivity contribution in [2.24, 2.45) is 0 Å². The highest BCUT2D eigenvalue weighted by Crippen LogP contribution is 2.34. The molecule has 2 nitrogen and oxygen atoms in total. The van der Waals surface area contributed by atoms with Crippen LogP contribution in [0.3, 0.4) is 0 Å². The summed E-state index contributed by atoms with van der Waals surface area (Å²) < 4.78 is 2.38. The summed E-state index contributed by atoms with van der Waals surface area (Å²) >= 11 is 0. The van der Waals surface area contributed by atoms with Crippen molar-refractivity contribution in [2.75, 3.05) is 0 Å². The summed E-state index contributed by atoms with van der Waals surface area (Å²) in [6.45, 7) is 7.48. The molecule has 0 spiro atoms. The van der Waals surface area contributed by atoms with E-state index < -0.39 is 0 Å². The quantitative estimate of drug-likeness (QED) is 0.792. The summed E-state index contributed by atoms with van der Waals surface area (Å²) in [6.07, 6.45) is 4.51. The number of fused-ring (bicyclic) bond motifs is 1. The van der Waals surface area contributed by atoms with E-state index in [2.05, 4.69) is 48.4 Å². The van der Waals surface area contributed by atoms with E-state index in [1.54, 1.807) is 0 Å². The highest BCUT2D eigenvalue weighted by atomic mass is 15.1. The van der Waals surface area contributed by atoms with Gasteiger partial charge in [0.15, 0.2) is 0 Å². The van der Waals surface area contributed by atoms with Crippen LogP contribution in [0.1, 0.15) is 37.6 Å². The van der Waals surface area contributed by atoms with E-state index in [9.17, 15) is 0 Å². The van der Waals surface area contributed by atoms with E-state index in [0.717, 1.165) is 25.2 Å². The molecule has 1 aliphatic rings. The van der Waals surface area contributed by atoms with Crippen LogP contribution in [-0.4, -0.2) is 9.55 Å². The van der Waals surface area contributed by atoms with Crippen LogP contribution in [0.2, 0.25) is 0 Å². The van der Waals surface area contributed by atoms with Crippen molar-refractivity contribution in [3.8, 4) is 11.4 Å². The molecule has 0 unspecified atom stereocenters. The van der Waals surface area contributed by atoms with E-state index >= 15 is 0 Å². The molecular weight excluding hydrogens is 232 g/mol. The van der Waals surface area contributed by atoms with Crippen LogP contribution in [0.15, 0.2) is 36.9 Å². The van der Waals surface area contributed by atoms with Gasteiger partial charge in [0.1, 0.15) is 5.82 Å². The lowest BCUT2D eigenvalue weighted by Crippen LogP contribution is -2.04. The van der Waals surface area contributed by atoms with Crippen LogP contribution in [-0.2, 0) is 13.0 Å². The molecular formula is C17H20N2. The lowest BCUT2D eigenvalue weighted by molar-refractivity contribution is 0.632. The van der Waals surface area contributed by atoms with Gasteiger partial charge in [0.05, 0.1) is 11.4 Å². The molecule has 0 bridgehead atoms. The zero-order valence-electron chi connectivity index (χ0n) is 11.5. The first-order chi connectivity index (χ1) is 9.31. The number of nitrogens with zero attached hydrogens (tertiary/aromatic N) is 2. The Labute approximate surface area is 114 Å². The molecule has 1 aromatic heterocycles. The van der Waals surface area contributed by atoms with Crippen LogP contribution in [0.25, 0.3) is 17.0 Å². The molecule has 1 heterocycles. The second kappa shape index (κ2) is 5.04. The average molecular weight is 252 g/mol. The van der Waals surface area contributed by atoms with Gasteiger partial charge in [-0.1, -0.05) is 50.3 Å². The van der Waals surface area contributed by atoms with Gasteiger partial charge in [-0.3, -0.25) is 0 Å². The lowest BCUT2D eigenvalue weighted by atomic mass is 10.2. The second-order valence-corrected chi connectivity index (χ2v) is 5.21. The predicted octanol–water partition coefficient (Wildman–Crippen LogP) is 4.31. The molecule has 0 amide bonds. The molecule has 0 atom stereocenters. The van der Waals surface area contributed by atoms with Gasteiger partial charge >= 0.3 is 0 Å². The molecule has 1 aromatic carbocycles. The van der Waals surface area contributed by atoms with Crippen molar-refractivity contribution >= 4 is 5.57 Å². The normalized spacial score (nSPS) is 13.8. The van der Waals surface area contributed by atoms with Gasteiger partial charge in [0.25, 0.3) is 0 Å². The number of aryl methyl sites for hydroxylation is 1. The Bertz CT molecular complexity index is 593. The standard InChI is InChI=1S/C17H20N2/c1-3-4-12-19-16-13(2)10-11-15(16)18-17(19)14-8-6-5-7-9-14/h5-9H,2-4,10-12H2,1H3. The first-order valence-corrected chi connectivity index (χ1v) is 7.14. The summed E-state index contributed by atoms with van der Waals surface area (Å²) in [5.41, 5.74) is 4.99. The van der Waals surface area contributed by atoms with Gasteiger partial charge in [-0.25, -0.2) is 4.98 Å². The number of imidazole rings is 1. The van der Waals surface area contributed by atoms with Gasteiger partial charge in [0, 0.05) is 12.1 Å². The third-order valence-electron chi connectivity index (χ3n) is 3.81. The number of aromatic nitrogens is 2. The van der Waals surface area contributed by atoms with Gasteiger partial charge < -0.3 is 4.57 Å². The maximum Gasteiger partial charge on any atom is 0.140 e. The minimum atomic E-state index is 1.04. The van der Waals surface area contributed by atoms with Crippen molar-refractivity contribution in [1.29, 1.82) is 0 Å². The van der Waals surface area contributed by atoms with Crippen molar-refractivity contribution in [3.63, 3.8) is 0 Å². The van der Waals surface area contributed by atoms with Crippen molar-refractivity contribution in [3.05, 3.63) is 48.3 Å². The van der Waals surface area contributed by atoms with E-state index in [4.69, 9.17) is 4.98 Å². The minimum absolute atomic E-state index is 1.04. The predicted molar refractivity (Wildman–Crippen MR) is 79.9 cm³/mol. The maximum absolute atomic E-state index is 4.87. The average Bonchev–Trinajstić information content (AvgIpc) is 2.98. The fraction of sp³-hybridized carbons (Fsp3) is 0.353. The zero-order chi connectivity index (χ0) is 13.2. The molecule has 0 aliphatic heterocycles. The van der Waals surface area contributed by atoms with E-state index in [1.807, 2.05) is 0 Å². The van der Waals surface area contributed by atoms with Crippen molar-refractivity contribution in [1.82, 2.24) is 9.55 Å². The van der Waals surface area contributed by atoms with E-state index in [0.29, 0.717) is 0 Å². The smallest absolute Gasteiger partial charge is 0.140 e. The van der Waals surface area contributed by atoms with E-state index in [-0.39, 0.29) is 0 Å². The van der Waals surface area contributed by atoms with Crippen LogP contribution in [0, 0.1) is 0 Å². The molecule has 0 saturated carbocycles. The number of unbranched alkanes of at least 4 members (excludes halogenated alkanes) is 1. The molecule has 98 valence electrons. The fourth-order valence-electron chi connectivity index (χ4n) is 2.80. The maximum atomic E-state index is 4.87. The van der Waals surface area contributed by atoms with Crippen molar-refractivity contribution < 1.29 is 0 Å². The number of allylic oxidation sites excluding steroid dienone is 1. The van der Waals surface area contributed by atoms with Gasteiger partial charge in [-0.2, -0.15) is 0 Å². The first kappa shape index (κ1) is 12.2. The molecule has 0 fully saturated rings. The Morgan fingerprint density at radius 1 is 1.21 bits per heavy atom. The van der Waals surface area contributed by atoms with Crippen molar-refractivity contribution in [2.45, 2.75) is 39.2 Å². The minimum Gasteiger partial charge on any atom is -0.324 e. The first-order valence-electron chi connectivity index (χ1n) is 7.14. The molecule has 19 heavy (non-hydrogen) atoms. The Kier molecular flexibility index (Phi) is 3.24. The zero-order valence-corrected chi connectivity index (χ0v) is 11.5. The third-order valence-corrected chi connectivity index (χ3v) is 3.81. The van der Waals surface area contributed by atoms with Crippen LogP contribution in [0.5, 0.6) is 0 Å². The van der Waals surface area contributed by atoms with Gasteiger partial charge in [-0.05, 0) is 24.8 Å². The Hall–Kier alpha value is -1.83. The Balaban J connectivity index is 2.09. The summed E-state index contributed by atoms with van der Waals surface area (Å²) in [4.78, 5) is 4.87. The summed E-state index contributed by atoms with van der Waals surface area (Å²) in [6, 6.07) is 10.5. The number of hydrogen-bond acceptors (Lipinski definition) is 1. The van der Waals surface area contributed by atoms with Crippen LogP contribution < -0.4 is 0 Å². The molecule has 2 heteroatoms. The number of hydrogen-bond donors (Lipinski definition) is 0. The molecule has 0 N–H and O–H groups in total. The second-order valence-electron chi connectivity index (χ2n) is 5.21. The molecule has 1 aliphatic carbocycles. The van der Waals surface area contributed by atoms with Gasteiger partial charge in [0.2, 0.25) is 0 Å². The van der Waals surface area contributed by atoms with E-state index in [1.165, 1.54) is 35.4 Å². The SMILES string of the molecule is C=C1CCc2nc(-c3ccccc3)n(CCCC)c21. The summed E-state index contributed by atoms with van der Waals surface area (Å²) in [5.74, 6) is 1.11. The highest BCUT2D eigenvalue weighted by molar-refractivity contribution is 5.71. The summed E-state index contributed by atoms with van der Waals surface area (Å²) in [7, 11) is 0. The van der Waals surface area contributed by atoms with Gasteiger partial charge in [-0.15, -0.1) is 0 Å². The topological polar surface area (TPSA) is 17.8 Å². The number of benzene rings is 1. The molecule has 0 saturated heterocycles. The number of rotatable bonds is 4. The Morgan fingerprint density at radius 2 is 2.00 bits per heavy atom. The lowest BCUT2D eigenvalue weighted by Gasteiger charge is -2.11. The summed E-state index contributed by atoms with van der Waals surface area (Å²) in [5, 5.41) is 0. The largest absolute Gasteiger partial charge is 0.324 e. The Morgan fingerprint density at radius 3 is 2.74 bits per heavy atom. The molecule has 3 rings (SSSR count). The molecule has 0 radical (unpaired) electrons. The third kappa shape index (κ3) is 2.12. The fourth-order valence-corrected chi connectivity index (χ4v) is 2.80. The highest BCUT2D eigenvalue weighted by Gasteiger charge is 2.24. The van der Waals surface area contributed by atoms with Crippen LogP contribution >= 0.6 is 0 Å².